The monoisotopic (exact) mass is 236 g/mol. The van der Waals surface area contributed by atoms with Gasteiger partial charge in [0, 0.05) is 6.07 Å². The molecule has 0 bridgehead atoms. The second-order valence-corrected chi connectivity index (χ2v) is 4.62. The third-order valence-corrected chi connectivity index (χ3v) is 3.37. The van der Waals surface area contributed by atoms with Crippen molar-refractivity contribution in [1.82, 2.24) is 0 Å². The Morgan fingerprint density at radius 3 is 2.65 bits per heavy atom. The maximum atomic E-state index is 9.85. The lowest BCUT2D eigenvalue weighted by Gasteiger charge is -2.12. The van der Waals surface area contributed by atoms with Crippen LogP contribution in [0.25, 0.3) is 0 Å². The molecule has 94 valence electrons. The normalized spacial score (nSPS) is 16.6. The first-order valence-electron chi connectivity index (χ1n) is 6.13. The summed E-state index contributed by atoms with van der Waals surface area (Å²) in [5.41, 5.74) is 1.13. The van der Waals surface area contributed by atoms with Gasteiger partial charge < -0.3 is 14.6 Å². The lowest BCUT2D eigenvalue weighted by Crippen LogP contribution is -2.10. The van der Waals surface area contributed by atoms with Gasteiger partial charge in [-0.15, -0.1) is 0 Å². The highest BCUT2D eigenvalue weighted by Crippen LogP contribution is 2.35. The van der Waals surface area contributed by atoms with Crippen LogP contribution in [-0.4, -0.2) is 25.4 Å². The first kappa shape index (κ1) is 12.2. The van der Waals surface area contributed by atoms with Crippen molar-refractivity contribution in [2.24, 2.45) is 5.92 Å². The van der Waals surface area contributed by atoms with Crippen LogP contribution in [0.3, 0.4) is 0 Å². The summed E-state index contributed by atoms with van der Waals surface area (Å²) in [7, 11) is 3.31. The molecular weight excluding hydrogens is 216 g/mol. The molecule has 0 heterocycles. The lowest BCUT2D eigenvalue weighted by molar-refractivity contribution is 0.141. The van der Waals surface area contributed by atoms with Crippen LogP contribution in [0, 0.1) is 5.92 Å². The van der Waals surface area contributed by atoms with E-state index in [0.29, 0.717) is 5.92 Å². The van der Waals surface area contributed by atoms with Crippen molar-refractivity contribution < 1.29 is 14.6 Å². The van der Waals surface area contributed by atoms with Crippen LogP contribution in [0.5, 0.6) is 11.5 Å². The number of aryl methyl sites for hydroxylation is 1. The third kappa shape index (κ3) is 3.13. The number of rotatable bonds is 6. The van der Waals surface area contributed by atoms with Crippen LogP contribution in [0.15, 0.2) is 18.2 Å². The molecule has 0 aromatic heterocycles. The molecule has 0 saturated heterocycles. The second kappa shape index (κ2) is 5.41. The van der Waals surface area contributed by atoms with E-state index in [-0.39, 0.29) is 6.10 Å². The highest BCUT2D eigenvalue weighted by atomic mass is 16.5. The third-order valence-electron chi connectivity index (χ3n) is 3.37. The first-order valence-corrected chi connectivity index (χ1v) is 6.13. The van der Waals surface area contributed by atoms with E-state index in [4.69, 9.17) is 9.47 Å². The molecule has 17 heavy (non-hydrogen) atoms. The summed E-state index contributed by atoms with van der Waals surface area (Å²) in [5, 5.41) is 9.85. The zero-order chi connectivity index (χ0) is 12.3. The molecule has 0 amide bonds. The Balaban J connectivity index is 1.98. The van der Waals surface area contributed by atoms with Gasteiger partial charge in [0.25, 0.3) is 0 Å². The average molecular weight is 236 g/mol. The topological polar surface area (TPSA) is 38.7 Å². The Morgan fingerprint density at radius 1 is 1.29 bits per heavy atom. The molecule has 1 aliphatic rings. The fraction of sp³-hybridized carbons (Fsp3) is 0.571. The zero-order valence-corrected chi connectivity index (χ0v) is 10.5. The molecule has 1 aromatic rings. The van der Waals surface area contributed by atoms with Gasteiger partial charge in [0.1, 0.15) is 11.5 Å². The van der Waals surface area contributed by atoms with Gasteiger partial charge in [0.2, 0.25) is 0 Å². The van der Waals surface area contributed by atoms with Crippen LogP contribution in [0.2, 0.25) is 0 Å². The van der Waals surface area contributed by atoms with Crippen LogP contribution in [-0.2, 0) is 6.42 Å². The summed E-state index contributed by atoms with van der Waals surface area (Å²) in [5.74, 6) is 2.18. The maximum Gasteiger partial charge on any atom is 0.125 e. The Kier molecular flexibility index (Phi) is 3.89. The molecule has 0 aliphatic heterocycles. The summed E-state index contributed by atoms with van der Waals surface area (Å²) >= 11 is 0. The highest BCUT2D eigenvalue weighted by Gasteiger charge is 2.29. The lowest BCUT2D eigenvalue weighted by atomic mass is 10.0. The van der Waals surface area contributed by atoms with Crippen molar-refractivity contribution >= 4 is 0 Å². The largest absolute Gasteiger partial charge is 0.497 e. The van der Waals surface area contributed by atoms with Crippen molar-refractivity contribution in [3.8, 4) is 11.5 Å². The second-order valence-electron chi connectivity index (χ2n) is 4.62. The summed E-state index contributed by atoms with van der Waals surface area (Å²) in [6.07, 6.45) is 3.88. The summed E-state index contributed by atoms with van der Waals surface area (Å²) in [6, 6.07) is 5.83. The zero-order valence-electron chi connectivity index (χ0n) is 10.5. The molecule has 2 rings (SSSR count). The molecule has 0 spiro atoms. The molecular formula is C14H20O3. The minimum atomic E-state index is -0.151. The molecule has 0 radical (unpaired) electrons. The molecule has 1 saturated carbocycles. The van der Waals surface area contributed by atoms with Gasteiger partial charge >= 0.3 is 0 Å². The molecule has 1 aromatic carbocycles. The molecule has 3 heteroatoms. The average Bonchev–Trinajstić information content (AvgIpc) is 3.19. The predicted octanol–water partition coefficient (Wildman–Crippen LogP) is 2.41. The summed E-state index contributed by atoms with van der Waals surface area (Å²) in [6.45, 7) is 0. The smallest absolute Gasteiger partial charge is 0.125 e. The number of benzene rings is 1. The van der Waals surface area contributed by atoms with Crippen LogP contribution in [0.1, 0.15) is 24.8 Å². The van der Waals surface area contributed by atoms with Crippen molar-refractivity contribution in [1.29, 1.82) is 0 Å². The fourth-order valence-electron chi connectivity index (χ4n) is 2.08. The Bertz CT molecular complexity index is 372. The predicted molar refractivity (Wildman–Crippen MR) is 66.6 cm³/mol. The molecule has 3 nitrogen and oxygen atoms in total. The van der Waals surface area contributed by atoms with E-state index in [0.717, 1.165) is 29.9 Å². The maximum absolute atomic E-state index is 9.85. The van der Waals surface area contributed by atoms with E-state index < -0.39 is 0 Å². The van der Waals surface area contributed by atoms with Crippen molar-refractivity contribution in [3.05, 3.63) is 23.8 Å². The summed E-state index contributed by atoms with van der Waals surface area (Å²) < 4.78 is 10.5. The summed E-state index contributed by atoms with van der Waals surface area (Å²) in [4.78, 5) is 0. The van der Waals surface area contributed by atoms with Crippen molar-refractivity contribution in [3.63, 3.8) is 0 Å². The van der Waals surface area contributed by atoms with E-state index in [1.165, 1.54) is 12.8 Å². The van der Waals surface area contributed by atoms with Crippen molar-refractivity contribution in [2.45, 2.75) is 31.8 Å². The van der Waals surface area contributed by atoms with Gasteiger partial charge in [-0.05, 0) is 43.2 Å². The number of hydrogen-bond donors (Lipinski definition) is 1. The molecule has 1 unspecified atom stereocenters. The molecule has 1 atom stereocenters. The van der Waals surface area contributed by atoms with Gasteiger partial charge in [-0.25, -0.2) is 0 Å². The highest BCUT2D eigenvalue weighted by molar-refractivity contribution is 5.40. The van der Waals surface area contributed by atoms with Crippen LogP contribution < -0.4 is 9.47 Å². The molecule has 1 fully saturated rings. The Labute approximate surface area is 102 Å². The van der Waals surface area contributed by atoms with Gasteiger partial charge in [-0.2, -0.15) is 0 Å². The standard InChI is InChI=1S/C14H20O3/c1-16-12-7-5-11(14(9-12)17-2)6-8-13(15)10-3-4-10/h5,7,9-10,13,15H,3-4,6,8H2,1-2H3. The van der Waals surface area contributed by atoms with Crippen LogP contribution >= 0.6 is 0 Å². The molecule has 1 aliphatic carbocycles. The van der Waals surface area contributed by atoms with Crippen molar-refractivity contribution in [2.75, 3.05) is 14.2 Å². The van der Waals surface area contributed by atoms with E-state index >= 15 is 0 Å². The number of aliphatic hydroxyl groups excluding tert-OH is 1. The van der Waals surface area contributed by atoms with E-state index in [2.05, 4.69) is 0 Å². The van der Waals surface area contributed by atoms with Gasteiger partial charge in [-0.1, -0.05) is 6.07 Å². The minimum Gasteiger partial charge on any atom is -0.497 e. The van der Waals surface area contributed by atoms with Crippen LogP contribution in [0.4, 0.5) is 0 Å². The number of hydrogen-bond acceptors (Lipinski definition) is 3. The quantitative estimate of drug-likeness (QED) is 0.824. The van der Waals surface area contributed by atoms with Gasteiger partial charge in [-0.3, -0.25) is 0 Å². The minimum absolute atomic E-state index is 0.151. The SMILES string of the molecule is COc1ccc(CCC(O)C2CC2)c(OC)c1. The fourth-order valence-corrected chi connectivity index (χ4v) is 2.08. The Hall–Kier alpha value is -1.22. The first-order chi connectivity index (χ1) is 8.24. The number of methoxy groups -OCH3 is 2. The Morgan fingerprint density at radius 2 is 2.06 bits per heavy atom. The van der Waals surface area contributed by atoms with E-state index in [1.807, 2.05) is 18.2 Å². The number of aliphatic hydroxyl groups is 1. The molecule has 1 N–H and O–H groups in total. The van der Waals surface area contributed by atoms with Gasteiger partial charge in [0.15, 0.2) is 0 Å². The van der Waals surface area contributed by atoms with Gasteiger partial charge in [0.05, 0.1) is 20.3 Å². The van der Waals surface area contributed by atoms with E-state index in [1.54, 1.807) is 14.2 Å². The van der Waals surface area contributed by atoms with E-state index in [9.17, 15) is 5.11 Å². The number of ether oxygens (including phenoxy) is 2.